The van der Waals surface area contributed by atoms with Gasteiger partial charge in [0.05, 0.1) is 11.4 Å². The minimum Gasteiger partial charge on any atom is -0.395 e. The molecule has 0 aliphatic heterocycles. The van der Waals surface area contributed by atoms with Crippen LogP contribution in [-0.2, 0) is 0 Å². The highest BCUT2D eigenvalue weighted by Gasteiger charge is 2.19. The molecule has 0 aliphatic carbocycles. The standard InChI is InChI=1S/C14H17FN4O/c1-7(2)12-11(16)13(19-18-12)14(20)17-10-5-4-9(15)6-8(10)3/h4-7H,16H2,1-3H3,(H,17,20)(H,18,19). The molecule has 0 atom stereocenters. The molecule has 1 aromatic carbocycles. The number of amides is 1. The van der Waals surface area contributed by atoms with Gasteiger partial charge in [-0.15, -0.1) is 0 Å². The summed E-state index contributed by atoms with van der Waals surface area (Å²) in [7, 11) is 0. The molecular weight excluding hydrogens is 259 g/mol. The van der Waals surface area contributed by atoms with Gasteiger partial charge in [0.2, 0.25) is 0 Å². The van der Waals surface area contributed by atoms with Crippen molar-refractivity contribution in [2.75, 3.05) is 11.1 Å². The van der Waals surface area contributed by atoms with E-state index in [0.29, 0.717) is 16.9 Å². The molecule has 0 aliphatic rings. The molecule has 106 valence electrons. The number of aromatic nitrogens is 2. The number of hydrogen-bond donors (Lipinski definition) is 3. The van der Waals surface area contributed by atoms with Crippen LogP contribution in [0.15, 0.2) is 18.2 Å². The van der Waals surface area contributed by atoms with Crippen molar-refractivity contribution < 1.29 is 9.18 Å². The smallest absolute Gasteiger partial charge is 0.278 e. The van der Waals surface area contributed by atoms with E-state index in [1.165, 1.54) is 18.2 Å². The van der Waals surface area contributed by atoms with E-state index in [1.54, 1.807) is 6.92 Å². The molecule has 2 rings (SSSR count). The van der Waals surface area contributed by atoms with Crippen LogP contribution in [0, 0.1) is 12.7 Å². The molecular formula is C14H17FN4O. The van der Waals surface area contributed by atoms with E-state index in [4.69, 9.17) is 5.73 Å². The third kappa shape index (κ3) is 2.64. The average Bonchev–Trinajstić information content (AvgIpc) is 2.74. The van der Waals surface area contributed by atoms with E-state index < -0.39 is 5.91 Å². The van der Waals surface area contributed by atoms with Gasteiger partial charge in [-0.05, 0) is 36.6 Å². The first-order chi connectivity index (χ1) is 9.40. The predicted molar refractivity (Wildman–Crippen MR) is 76.2 cm³/mol. The molecule has 4 N–H and O–H groups in total. The Morgan fingerprint density at radius 1 is 1.45 bits per heavy atom. The second-order valence-corrected chi connectivity index (χ2v) is 4.97. The SMILES string of the molecule is Cc1cc(F)ccc1NC(=O)c1n[nH]c(C(C)C)c1N. The minimum absolute atomic E-state index is 0.150. The Balaban J connectivity index is 2.24. The summed E-state index contributed by atoms with van der Waals surface area (Å²) in [5.74, 6) is -0.612. The fraction of sp³-hybridized carbons (Fsp3) is 0.286. The van der Waals surface area contributed by atoms with Crippen molar-refractivity contribution in [3.8, 4) is 0 Å². The summed E-state index contributed by atoms with van der Waals surface area (Å²) in [6.45, 7) is 5.62. The fourth-order valence-corrected chi connectivity index (χ4v) is 1.93. The lowest BCUT2D eigenvalue weighted by molar-refractivity contribution is 0.102. The summed E-state index contributed by atoms with van der Waals surface area (Å²) >= 11 is 0. The molecule has 2 aromatic rings. The van der Waals surface area contributed by atoms with Gasteiger partial charge < -0.3 is 11.1 Å². The largest absolute Gasteiger partial charge is 0.395 e. The maximum atomic E-state index is 13.0. The molecule has 0 bridgehead atoms. The van der Waals surface area contributed by atoms with Gasteiger partial charge in [0, 0.05) is 5.69 Å². The Morgan fingerprint density at radius 3 is 2.70 bits per heavy atom. The summed E-state index contributed by atoms with van der Waals surface area (Å²) in [6, 6.07) is 4.15. The van der Waals surface area contributed by atoms with E-state index in [9.17, 15) is 9.18 Å². The number of H-pyrrole nitrogens is 1. The van der Waals surface area contributed by atoms with Crippen LogP contribution < -0.4 is 11.1 Å². The van der Waals surface area contributed by atoms with Crippen molar-refractivity contribution in [3.05, 3.63) is 41.0 Å². The molecule has 1 heterocycles. The molecule has 5 nitrogen and oxygen atoms in total. The number of carbonyl (C=O) groups is 1. The van der Waals surface area contributed by atoms with E-state index >= 15 is 0 Å². The van der Waals surface area contributed by atoms with Gasteiger partial charge in [-0.3, -0.25) is 9.89 Å². The zero-order valence-corrected chi connectivity index (χ0v) is 11.6. The fourth-order valence-electron chi connectivity index (χ4n) is 1.93. The number of rotatable bonds is 3. The lowest BCUT2D eigenvalue weighted by atomic mass is 10.1. The Kier molecular flexibility index (Phi) is 3.74. The number of anilines is 2. The lowest BCUT2D eigenvalue weighted by Crippen LogP contribution is -2.15. The van der Waals surface area contributed by atoms with Crippen molar-refractivity contribution in [2.45, 2.75) is 26.7 Å². The molecule has 0 unspecified atom stereocenters. The number of nitrogens with zero attached hydrogens (tertiary/aromatic N) is 1. The van der Waals surface area contributed by atoms with Crippen LogP contribution in [0.25, 0.3) is 0 Å². The van der Waals surface area contributed by atoms with Crippen LogP contribution >= 0.6 is 0 Å². The maximum absolute atomic E-state index is 13.0. The predicted octanol–water partition coefficient (Wildman–Crippen LogP) is 2.82. The van der Waals surface area contributed by atoms with Crippen molar-refractivity contribution >= 4 is 17.3 Å². The number of aryl methyl sites for hydroxylation is 1. The van der Waals surface area contributed by atoms with Gasteiger partial charge in [-0.25, -0.2) is 4.39 Å². The van der Waals surface area contributed by atoms with Crippen LogP contribution in [0.2, 0.25) is 0 Å². The monoisotopic (exact) mass is 276 g/mol. The molecule has 0 saturated carbocycles. The van der Waals surface area contributed by atoms with Crippen molar-refractivity contribution in [1.29, 1.82) is 0 Å². The van der Waals surface area contributed by atoms with Crippen LogP contribution in [0.1, 0.15) is 41.5 Å². The number of halogens is 1. The van der Waals surface area contributed by atoms with E-state index in [0.717, 1.165) is 5.69 Å². The lowest BCUT2D eigenvalue weighted by Gasteiger charge is -2.07. The molecule has 1 amide bonds. The summed E-state index contributed by atoms with van der Waals surface area (Å²) in [5, 5.41) is 9.39. The van der Waals surface area contributed by atoms with Crippen molar-refractivity contribution in [3.63, 3.8) is 0 Å². The van der Waals surface area contributed by atoms with Gasteiger partial charge in [-0.1, -0.05) is 13.8 Å². The average molecular weight is 276 g/mol. The van der Waals surface area contributed by atoms with E-state index in [1.807, 2.05) is 13.8 Å². The minimum atomic E-state index is -0.416. The van der Waals surface area contributed by atoms with Crippen LogP contribution in [0.4, 0.5) is 15.8 Å². The first-order valence-corrected chi connectivity index (χ1v) is 6.31. The third-order valence-corrected chi connectivity index (χ3v) is 3.06. The Morgan fingerprint density at radius 2 is 2.15 bits per heavy atom. The third-order valence-electron chi connectivity index (χ3n) is 3.06. The van der Waals surface area contributed by atoms with Gasteiger partial charge in [0.1, 0.15) is 5.82 Å². The number of nitrogen functional groups attached to an aromatic ring is 1. The van der Waals surface area contributed by atoms with E-state index in [-0.39, 0.29) is 17.4 Å². The molecule has 20 heavy (non-hydrogen) atoms. The van der Waals surface area contributed by atoms with E-state index in [2.05, 4.69) is 15.5 Å². The number of nitrogens with two attached hydrogens (primary N) is 1. The van der Waals surface area contributed by atoms with Gasteiger partial charge >= 0.3 is 0 Å². The molecule has 6 heteroatoms. The second kappa shape index (κ2) is 5.32. The van der Waals surface area contributed by atoms with Gasteiger partial charge in [0.15, 0.2) is 5.69 Å². The molecule has 0 spiro atoms. The zero-order valence-electron chi connectivity index (χ0n) is 11.6. The summed E-state index contributed by atoms with van der Waals surface area (Å²) in [5.41, 5.74) is 8.30. The van der Waals surface area contributed by atoms with Crippen molar-refractivity contribution in [1.82, 2.24) is 10.2 Å². The Bertz CT molecular complexity index is 649. The molecule has 1 aromatic heterocycles. The number of nitrogens with one attached hydrogen (secondary N) is 2. The number of benzene rings is 1. The summed E-state index contributed by atoms with van der Waals surface area (Å²) in [4.78, 5) is 12.1. The first kappa shape index (κ1) is 14.0. The summed E-state index contributed by atoms with van der Waals surface area (Å²) < 4.78 is 13.0. The summed E-state index contributed by atoms with van der Waals surface area (Å²) in [6.07, 6.45) is 0. The topological polar surface area (TPSA) is 83.8 Å². The first-order valence-electron chi connectivity index (χ1n) is 6.31. The number of hydrogen-bond acceptors (Lipinski definition) is 3. The van der Waals surface area contributed by atoms with Gasteiger partial charge in [-0.2, -0.15) is 5.10 Å². The highest BCUT2D eigenvalue weighted by Crippen LogP contribution is 2.23. The molecule has 0 fully saturated rings. The second-order valence-electron chi connectivity index (χ2n) is 4.97. The van der Waals surface area contributed by atoms with Crippen LogP contribution in [0.5, 0.6) is 0 Å². The maximum Gasteiger partial charge on any atom is 0.278 e. The Labute approximate surface area is 116 Å². The number of aromatic amines is 1. The number of carbonyl (C=O) groups excluding carboxylic acids is 1. The van der Waals surface area contributed by atoms with Gasteiger partial charge in [0.25, 0.3) is 5.91 Å². The Hall–Kier alpha value is -2.37. The highest BCUT2D eigenvalue weighted by atomic mass is 19.1. The molecule has 0 radical (unpaired) electrons. The normalized spacial score (nSPS) is 10.8. The highest BCUT2D eigenvalue weighted by molar-refractivity contribution is 6.06. The zero-order chi connectivity index (χ0) is 14.9. The van der Waals surface area contributed by atoms with Crippen LogP contribution in [0.3, 0.4) is 0 Å². The van der Waals surface area contributed by atoms with Crippen LogP contribution in [-0.4, -0.2) is 16.1 Å². The quantitative estimate of drug-likeness (QED) is 0.806. The van der Waals surface area contributed by atoms with Crippen molar-refractivity contribution in [2.24, 2.45) is 0 Å². The molecule has 0 saturated heterocycles.